The fraction of sp³-hybridized carbons (Fsp3) is 0.720. The van der Waals surface area contributed by atoms with E-state index in [4.69, 9.17) is 4.18 Å². The molecule has 0 atom stereocenters. The zero-order chi connectivity index (χ0) is 22.1. The lowest BCUT2D eigenvalue weighted by Gasteiger charge is -2.06. The number of rotatable bonds is 18. The molecule has 1 aromatic rings. The molecule has 0 aliphatic rings. The summed E-state index contributed by atoms with van der Waals surface area (Å²) in [5, 5.41) is 0. The standard InChI is InChI=1S/C25H42O4S.H3N/c1-3-4-5-6-7-8-9-10-11-12-13-14-15-16-17-18-25(26)29-30(27,28)24-21-19-23(2)20-22-24;/h19-22H,3-18H2,1-2H3;1H3. The highest BCUT2D eigenvalue weighted by atomic mass is 32.2. The average Bonchev–Trinajstić information content (AvgIpc) is 2.71. The number of benzene rings is 1. The Morgan fingerprint density at radius 1 is 0.710 bits per heavy atom. The second-order valence-corrected chi connectivity index (χ2v) is 9.97. The molecule has 0 radical (unpaired) electrons. The van der Waals surface area contributed by atoms with Gasteiger partial charge in [0.05, 0.1) is 0 Å². The minimum Gasteiger partial charge on any atom is -0.344 e. The van der Waals surface area contributed by atoms with Crippen molar-refractivity contribution in [2.24, 2.45) is 0 Å². The van der Waals surface area contributed by atoms with Gasteiger partial charge in [0, 0.05) is 6.42 Å². The highest BCUT2D eigenvalue weighted by molar-refractivity contribution is 7.87. The second kappa shape index (κ2) is 18.2. The summed E-state index contributed by atoms with van der Waals surface area (Å²) in [5.74, 6) is -0.662. The average molecular weight is 456 g/mol. The van der Waals surface area contributed by atoms with Crippen LogP contribution < -0.4 is 6.15 Å². The molecule has 0 spiro atoms. The Bertz CT molecular complexity index is 671. The maximum absolute atomic E-state index is 12.1. The Morgan fingerprint density at radius 3 is 1.52 bits per heavy atom. The first kappa shape index (κ1) is 29.6. The van der Waals surface area contributed by atoms with Crippen molar-refractivity contribution in [3.8, 4) is 0 Å². The molecule has 0 saturated carbocycles. The third-order valence-electron chi connectivity index (χ3n) is 5.50. The number of aryl methyl sites for hydroxylation is 1. The van der Waals surface area contributed by atoms with Crippen LogP contribution in [-0.4, -0.2) is 14.4 Å². The molecular formula is C25H45NO4S. The molecule has 0 bridgehead atoms. The van der Waals surface area contributed by atoms with E-state index in [0.29, 0.717) is 6.42 Å². The van der Waals surface area contributed by atoms with Crippen molar-refractivity contribution < 1.29 is 17.4 Å². The molecule has 0 heterocycles. The van der Waals surface area contributed by atoms with Crippen LogP contribution in [0.2, 0.25) is 0 Å². The number of hydrogen-bond donors (Lipinski definition) is 1. The molecular weight excluding hydrogens is 410 g/mol. The van der Waals surface area contributed by atoms with Gasteiger partial charge in [-0.15, -0.1) is 0 Å². The molecule has 0 aliphatic carbocycles. The Labute approximate surface area is 191 Å². The maximum Gasteiger partial charge on any atom is 0.341 e. The van der Waals surface area contributed by atoms with Crippen molar-refractivity contribution >= 4 is 16.1 Å². The van der Waals surface area contributed by atoms with Crippen molar-refractivity contribution in [1.82, 2.24) is 6.15 Å². The highest BCUT2D eigenvalue weighted by Crippen LogP contribution is 2.16. The molecule has 1 aromatic carbocycles. The summed E-state index contributed by atoms with van der Waals surface area (Å²) in [5.41, 5.74) is 0.957. The van der Waals surface area contributed by atoms with Crippen molar-refractivity contribution in [2.45, 2.75) is 121 Å². The topological polar surface area (TPSA) is 95.4 Å². The van der Waals surface area contributed by atoms with E-state index < -0.39 is 16.1 Å². The number of carbonyl (C=O) groups is 1. The van der Waals surface area contributed by atoms with Crippen molar-refractivity contribution in [3.63, 3.8) is 0 Å². The monoisotopic (exact) mass is 455 g/mol. The first-order chi connectivity index (χ1) is 14.5. The van der Waals surface area contributed by atoms with Crippen molar-refractivity contribution in [1.29, 1.82) is 0 Å². The summed E-state index contributed by atoms with van der Waals surface area (Å²) in [6, 6.07) is 6.31. The summed E-state index contributed by atoms with van der Waals surface area (Å²) in [6.45, 7) is 4.13. The van der Waals surface area contributed by atoms with Crippen LogP contribution in [0.15, 0.2) is 29.2 Å². The van der Waals surface area contributed by atoms with Crippen LogP contribution in [0.3, 0.4) is 0 Å². The Morgan fingerprint density at radius 2 is 1.10 bits per heavy atom. The third kappa shape index (κ3) is 15.1. The SMILES string of the molecule is CCCCCCCCCCCCCCCCCC(=O)OS(=O)(=O)c1ccc(C)cc1.N. The first-order valence-corrected chi connectivity index (χ1v) is 13.4. The quantitative estimate of drug-likeness (QED) is 0.181. The summed E-state index contributed by atoms with van der Waals surface area (Å²) < 4.78 is 28.9. The molecule has 31 heavy (non-hydrogen) atoms. The van der Waals surface area contributed by atoms with Gasteiger partial charge in [0.2, 0.25) is 0 Å². The van der Waals surface area contributed by atoms with Gasteiger partial charge in [0.1, 0.15) is 4.90 Å². The summed E-state index contributed by atoms with van der Waals surface area (Å²) in [4.78, 5) is 11.9. The Kier molecular flexibility index (Phi) is 17.4. The molecule has 6 heteroatoms. The number of carbonyl (C=O) groups excluding carboxylic acids is 1. The van der Waals surface area contributed by atoms with Crippen LogP contribution >= 0.6 is 0 Å². The predicted octanol–water partition coefficient (Wildman–Crippen LogP) is 7.65. The van der Waals surface area contributed by atoms with E-state index in [9.17, 15) is 13.2 Å². The van der Waals surface area contributed by atoms with Crippen LogP contribution in [0.25, 0.3) is 0 Å². The number of hydrogen-bond acceptors (Lipinski definition) is 5. The normalized spacial score (nSPS) is 11.2. The van der Waals surface area contributed by atoms with E-state index in [0.717, 1.165) is 18.4 Å². The smallest absolute Gasteiger partial charge is 0.341 e. The van der Waals surface area contributed by atoms with Gasteiger partial charge in [-0.25, -0.2) is 0 Å². The first-order valence-electron chi connectivity index (χ1n) is 12.0. The third-order valence-corrected chi connectivity index (χ3v) is 6.75. The Hall–Kier alpha value is -1.40. The summed E-state index contributed by atoms with van der Waals surface area (Å²) in [7, 11) is -4.00. The lowest BCUT2D eigenvalue weighted by Crippen LogP contribution is -2.13. The lowest BCUT2D eigenvalue weighted by atomic mass is 10.0. The molecule has 0 saturated heterocycles. The van der Waals surface area contributed by atoms with E-state index in [2.05, 4.69) is 6.92 Å². The second-order valence-electron chi connectivity index (χ2n) is 8.42. The lowest BCUT2D eigenvalue weighted by molar-refractivity contribution is -0.133. The maximum atomic E-state index is 12.1. The van der Waals surface area contributed by atoms with Gasteiger partial charge in [0.25, 0.3) is 0 Å². The minimum atomic E-state index is -4.00. The van der Waals surface area contributed by atoms with Crippen molar-refractivity contribution in [3.05, 3.63) is 29.8 Å². The minimum absolute atomic E-state index is 0. The predicted molar refractivity (Wildman–Crippen MR) is 129 cm³/mol. The molecule has 0 aromatic heterocycles. The van der Waals surface area contributed by atoms with Crippen LogP contribution in [0.1, 0.15) is 115 Å². The largest absolute Gasteiger partial charge is 0.344 e. The molecule has 5 nitrogen and oxygen atoms in total. The van der Waals surface area contributed by atoms with Gasteiger partial charge in [-0.3, -0.25) is 4.79 Å². The zero-order valence-corrected chi connectivity index (χ0v) is 20.7. The molecule has 0 aliphatic heterocycles. The van der Waals surface area contributed by atoms with Crippen LogP contribution in [0.4, 0.5) is 0 Å². The zero-order valence-electron chi connectivity index (χ0n) is 19.9. The van der Waals surface area contributed by atoms with Gasteiger partial charge in [-0.1, -0.05) is 115 Å². The van der Waals surface area contributed by atoms with Gasteiger partial charge in [0.15, 0.2) is 0 Å². The van der Waals surface area contributed by atoms with E-state index in [-0.39, 0.29) is 17.5 Å². The van der Waals surface area contributed by atoms with Crippen molar-refractivity contribution in [2.75, 3.05) is 0 Å². The molecule has 180 valence electrons. The highest BCUT2D eigenvalue weighted by Gasteiger charge is 2.19. The van der Waals surface area contributed by atoms with Crippen LogP contribution in [-0.2, 0) is 19.1 Å². The number of unbranched alkanes of at least 4 members (excludes halogenated alkanes) is 14. The van der Waals surface area contributed by atoms with E-state index in [1.54, 1.807) is 12.1 Å². The van der Waals surface area contributed by atoms with Gasteiger partial charge in [-0.2, -0.15) is 8.42 Å². The fourth-order valence-electron chi connectivity index (χ4n) is 3.56. The van der Waals surface area contributed by atoms with E-state index >= 15 is 0 Å². The van der Waals surface area contributed by atoms with Crippen LogP contribution in [0, 0.1) is 6.92 Å². The molecule has 0 amide bonds. The molecule has 1 rings (SSSR count). The van der Waals surface area contributed by atoms with Gasteiger partial charge >= 0.3 is 16.1 Å². The van der Waals surface area contributed by atoms with Crippen LogP contribution in [0.5, 0.6) is 0 Å². The van der Waals surface area contributed by atoms with Gasteiger partial charge < -0.3 is 10.3 Å². The fourth-order valence-corrected chi connectivity index (χ4v) is 4.45. The molecule has 3 N–H and O–H groups in total. The summed E-state index contributed by atoms with van der Waals surface area (Å²) >= 11 is 0. The van der Waals surface area contributed by atoms with E-state index in [1.165, 1.54) is 89.2 Å². The Balaban J connectivity index is 0.00000900. The molecule has 0 fully saturated rings. The van der Waals surface area contributed by atoms with Gasteiger partial charge in [-0.05, 0) is 25.5 Å². The van der Waals surface area contributed by atoms with E-state index in [1.807, 2.05) is 6.92 Å². The summed E-state index contributed by atoms with van der Waals surface area (Å²) in [6.07, 6.45) is 19.0. The molecule has 0 unspecified atom stereocenters.